The average molecular weight is 208 g/mol. The lowest BCUT2D eigenvalue weighted by atomic mass is 10.0. The lowest BCUT2D eigenvalue weighted by Gasteiger charge is -2.07. The minimum Gasteiger partial charge on any atom is -0.323 e. The summed E-state index contributed by atoms with van der Waals surface area (Å²) < 4.78 is 0. The predicted molar refractivity (Wildman–Crippen MR) is 67.3 cm³/mol. The van der Waals surface area contributed by atoms with Gasteiger partial charge in [0.05, 0.1) is 0 Å². The molecule has 0 amide bonds. The molecule has 0 radical (unpaired) electrons. The van der Waals surface area contributed by atoms with Crippen LogP contribution in [0.5, 0.6) is 0 Å². The monoisotopic (exact) mass is 208 g/mol. The van der Waals surface area contributed by atoms with Crippen molar-refractivity contribution in [1.29, 1.82) is 0 Å². The Labute approximate surface area is 94.1 Å². The fourth-order valence-electron chi connectivity index (χ4n) is 1.15. The van der Waals surface area contributed by atoms with Gasteiger partial charge in [-0.15, -0.1) is 0 Å². The first-order chi connectivity index (χ1) is 7.19. The van der Waals surface area contributed by atoms with Gasteiger partial charge in [-0.3, -0.25) is 4.98 Å². The van der Waals surface area contributed by atoms with Crippen molar-refractivity contribution in [1.82, 2.24) is 10.3 Å². The Morgan fingerprint density at radius 1 is 1.27 bits per heavy atom. The molecular weight excluding hydrogens is 184 g/mol. The van der Waals surface area contributed by atoms with Gasteiger partial charge in [-0.2, -0.15) is 0 Å². The molecule has 1 aromatic heterocycles. The summed E-state index contributed by atoms with van der Waals surface area (Å²) in [5.41, 5.74) is 2.54. The van der Waals surface area contributed by atoms with Crippen LogP contribution in [0.2, 0.25) is 0 Å². The molecule has 0 saturated carbocycles. The van der Waals surface area contributed by atoms with E-state index in [1.165, 1.54) is 17.7 Å². The van der Waals surface area contributed by atoms with Crippen LogP contribution in [-0.2, 0) is 6.42 Å². The quantitative estimate of drug-likeness (QED) is 0.826. The maximum Gasteiger partial charge on any atom is 0.0431 e. The number of hydrogen-bond donors (Lipinski definition) is 1. The van der Waals surface area contributed by atoms with E-state index in [0.717, 1.165) is 6.42 Å². The highest BCUT2D eigenvalue weighted by Gasteiger charge is 2.02. The number of hydrogen-bond acceptors (Lipinski definition) is 2. The van der Waals surface area contributed by atoms with Crippen molar-refractivity contribution in [2.24, 2.45) is 0 Å². The van der Waals surface area contributed by atoms with E-state index in [1.807, 2.05) is 20.3 Å². The molecule has 0 aliphatic carbocycles. The summed E-state index contributed by atoms with van der Waals surface area (Å²) in [5, 5.41) is 2.75. The molecule has 1 rings (SSSR count). The largest absolute Gasteiger partial charge is 0.323 e. The van der Waals surface area contributed by atoms with Gasteiger partial charge >= 0.3 is 0 Å². The van der Waals surface area contributed by atoms with E-state index in [4.69, 9.17) is 0 Å². The van der Waals surface area contributed by atoms with Crippen molar-refractivity contribution < 1.29 is 0 Å². The fraction of sp³-hybridized carbons (Fsp3) is 0.615. The molecule has 1 unspecified atom stereocenters. The van der Waals surface area contributed by atoms with Crippen molar-refractivity contribution in [3.05, 3.63) is 29.6 Å². The summed E-state index contributed by atoms with van der Waals surface area (Å²) in [4.78, 5) is 4.42. The van der Waals surface area contributed by atoms with Gasteiger partial charge < -0.3 is 5.32 Å². The Kier molecular flexibility index (Phi) is 7.92. The highest BCUT2D eigenvalue weighted by atomic mass is 14.7. The number of pyridine rings is 1. The summed E-state index contributed by atoms with van der Waals surface area (Å²) in [5.74, 6) is 0.593. The molecule has 0 aromatic carbocycles. The first kappa shape index (κ1) is 14.1. The molecule has 0 aliphatic heterocycles. The van der Waals surface area contributed by atoms with Gasteiger partial charge in [0, 0.05) is 11.9 Å². The Morgan fingerprint density at radius 2 is 1.87 bits per heavy atom. The van der Waals surface area contributed by atoms with Crippen LogP contribution in [0.1, 0.15) is 44.4 Å². The van der Waals surface area contributed by atoms with Crippen molar-refractivity contribution in [3.63, 3.8) is 0 Å². The van der Waals surface area contributed by atoms with Crippen LogP contribution in [0.4, 0.5) is 0 Å². The molecule has 0 spiro atoms. The van der Waals surface area contributed by atoms with E-state index in [9.17, 15) is 0 Å². The van der Waals surface area contributed by atoms with Gasteiger partial charge in [-0.1, -0.05) is 26.8 Å². The summed E-state index contributed by atoms with van der Waals surface area (Å²) in [6.45, 7) is 6.56. The maximum atomic E-state index is 4.42. The van der Waals surface area contributed by atoms with E-state index >= 15 is 0 Å². The van der Waals surface area contributed by atoms with Gasteiger partial charge in [0.15, 0.2) is 0 Å². The van der Waals surface area contributed by atoms with E-state index < -0.39 is 0 Å². The third-order valence-corrected chi connectivity index (χ3v) is 2.37. The van der Waals surface area contributed by atoms with Crippen LogP contribution in [0.3, 0.4) is 0 Å². The second-order valence-electron chi connectivity index (χ2n) is 3.75. The Balaban J connectivity index is 0.000000583. The molecule has 0 bridgehead atoms. The molecule has 86 valence electrons. The highest BCUT2D eigenvalue weighted by molar-refractivity contribution is 5.16. The second-order valence-corrected chi connectivity index (χ2v) is 3.75. The van der Waals surface area contributed by atoms with E-state index in [2.05, 4.69) is 43.2 Å². The number of rotatable bonds is 3. The van der Waals surface area contributed by atoms with Crippen molar-refractivity contribution in [2.75, 3.05) is 14.1 Å². The van der Waals surface area contributed by atoms with Crippen molar-refractivity contribution in [2.45, 2.75) is 39.5 Å². The van der Waals surface area contributed by atoms with Crippen molar-refractivity contribution >= 4 is 0 Å². The zero-order chi connectivity index (χ0) is 11.7. The van der Waals surface area contributed by atoms with Gasteiger partial charge in [0.2, 0.25) is 0 Å². The van der Waals surface area contributed by atoms with Crippen LogP contribution in [0, 0.1) is 0 Å². The molecule has 1 aromatic rings. The Bertz CT molecular complexity index is 241. The molecule has 1 atom stereocenters. The van der Waals surface area contributed by atoms with E-state index in [1.54, 1.807) is 0 Å². The van der Waals surface area contributed by atoms with Gasteiger partial charge in [0.1, 0.15) is 0 Å². The maximum absolute atomic E-state index is 4.42. The smallest absolute Gasteiger partial charge is 0.0431 e. The molecule has 15 heavy (non-hydrogen) atoms. The summed E-state index contributed by atoms with van der Waals surface area (Å²) in [6, 6.07) is 4.32. The lowest BCUT2D eigenvalue weighted by Crippen LogP contribution is -1.95. The lowest BCUT2D eigenvalue weighted by molar-refractivity contribution is 0.707. The third-order valence-electron chi connectivity index (χ3n) is 2.37. The highest BCUT2D eigenvalue weighted by Crippen LogP contribution is 2.15. The molecule has 1 N–H and O–H groups in total. The van der Waals surface area contributed by atoms with E-state index in [-0.39, 0.29) is 0 Å². The zero-order valence-electron chi connectivity index (χ0n) is 10.7. The van der Waals surface area contributed by atoms with Crippen LogP contribution >= 0.6 is 0 Å². The number of nitrogens with one attached hydrogen (secondary N) is 1. The predicted octanol–water partition coefficient (Wildman–Crippen LogP) is 2.99. The van der Waals surface area contributed by atoms with Crippen molar-refractivity contribution in [3.8, 4) is 0 Å². The summed E-state index contributed by atoms with van der Waals surface area (Å²) in [6.07, 6.45) is 4.23. The topological polar surface area (TPSA) is 24.9 Å². The fourth-order valence-corrected chi connectivity index (χ4v) is 1.15. The van der Waals surface area contributed by atoms with E-state index in [0.29, 0.717) is 5.92 Å². The summed E-state index contributed by atoms with van der Waals surface area (Å²) >= 11 is 0. The van der Waals surface area contributed by atoms with Crippen LogP contribution in [0.15, 0.2) is 18.3 Å². The second kappa shape index (κ2) is 8.42. The number of aryl methyl sites for hydroxylation is 1. The summed E-state index contributed by atoms with van der Waals surface area (Å²) in [7, 11) is 3.75. The number of nitrogens with zero attached hydrogens (tertiary/aromatic N) is 1. The van der Waals surface area contributed by atoms with Crippen LogP contribution in [0.25, 0.3) is 0 Å². The van der Waals surface area contributed by atoms with Crippen LogP contribution < -0.4 is 5.32 Å². The van der Waals surface area contributed by atoms with Gasteiger partial charge in [0.25, 0.3) is 0 Å². The molecule has 0 aliphatic rings. The Morgan fingerprint density at radius 3 is 2.20 bits per heavy atom. The van der Waals surface area contributed by atoms with Gasteiger partial charge in [-0.05, 0) is 44.5 Å². The SMILES string of the molecule is CCc1ccc(C(C)CC)nc1.CNC. The molecule has 2 nitrogen and oxygen atoms in total. The average Bonchev–Trinajstić information content (AvgIpc) is 2.29. The Hall–Kier alpha value is -0.890. The standard InChI is InChI=1S/C11H17N.C2H7N/c1-4-9(3)11-7-6-10(5-2)8-12-11;1-3-2/h6-9H,4-5H2,1-3H3;3H,1-2H3. The molecule has 0 saturated heterocycles. The zero-order valence-corrected chi connectivity index (χ0v) is 10.7. The molecule has 1 heterocycles. The minimum atomic E-state index is 0.593. The minimum absolute atomic E-state index is 0.593. The normalized spacial score (nSPS) is 11.5. The molecular formula is C13H24N2. The third kappa shape index (κ3) is 5.53. The molecule has 2 heteroatoms. The van der Waals surface area contributed by atoms with Gasteiger partial charge in [-0.25, -0.2) is 0 Å². The molecule has 0 fully saturated rings. The number of aromatic nitrogens is 1. The first-order valence-corrected chi connectivity index (χ1v) is 5.72. The first-order valence-electron chi connectivity index (χ1n) is 5.72. The van der Waals surface area contributed by atoms with Crippen LogP contribution in [-0.4, -0.2) is 19.1 Å².